The first-order valence-electron chi connectivity index (χ1n) is 3.45. The molecule has 1 nitrogen and oxygen atoms in total. The predicted molar refractivity (Wildman–Crippen MR) is 49.2 cm³/mol. The first kappa shape index (κ1) is 8.54. The van der Waals surface area contributed by atoms with E-state index in [2.05, 4.69) is 35.3 Å². The Bertz CT molecular complexity index is 269. The summed E-state index contributed by atoms with van der Waals surface area (Å²) < 4.78 is 1.01. The van der Waals surface area contributed by atoms with Crippen LogP contribution in [0.15, 0.2) is 12.6 Å². The molecule has 0 atom stereocenters. The molecule has 0 saturated heterocycles. The Morgan fingerprint density at radius 1 is 1.55 bits per heavy atom. The molecule has 2 radical (unpaired) electrons. The molecule has 0 unspecified atom stereocenters. The molecule has 1 heterocycles. The summed E-state index contributed by atoms with van der Waals surface area (Å²) in [4.78, 5) is 4.31. The number of aromatic nitrogens is 1. The van der Waals surface area contributed by atoms with E-state index in [-0.39, 0.29) is 0 Å². The van der Waals surface area contributed by atoms with Gasteiger partial charge in [-0.15, -0.1) is 0 Å². The summed E-state index contributed by atoms with van der Waals surface area (Å²) in [6.45, 7) is 7.81. The summed E-state index contributed by atoms with van der Waals surface area (Å²) in [7, 11) is 0. The average molecular weight is 207 g/mol. The van der Waals surface area contributed by atoms with Crippen LogP contribution in [0, 0.1) is 13.8 Å². The fraction of sp³-hybridized carbons (Fsp3) is 0.222. The molecule has 0 N–H and O–H groups in total. The molecule has 0 amide bonds. The molecular formula is C9H10AsN. The van der Waals surface area contributed by atoms with Crippen molar-refractivity contribution in [1.82, 2.24) is 4.98 Å². The first-order valence-corrected chi connectivity index (χ1v) is 4.38. The van der Waals surface area contributed by atoms with E-state index in [1.807, 2.05) is 19.1 Å². The summed E-state index contributed by atoms with van der Waals surface area (Å²) in [5.41, 5.74) is 3.44. The second kappa shape index (κ2) is 3.23. The molecule has 0 aliphatic heterocycles. The maximum absolute atomic E-state index is 4.31. The zero-order valence-corrected chi connectivity index (χ0v) is 8.63. The Morgan fingerprint density at radius 2 is 2.18 bits per heavy atom. The van der Waals surface area contributed by atoms with Crippen molar-refractivity contribution in [3.8, 4) is 0 Å². The summed E-state index contributed by atoms with van der Waals surface area (Å²) in [5, 5.41) is 0. The Morgan fingerprint density at radius 3 is 2.64 bits per heavy atom. The van der Waals surface area contributed by atoms with Crippen molar-refractivity contribution >= 4 is 27.4 Å². The van der Waals surface area contributed by atoms with Crippen LogP contribution < -0.4 is 4.48 Å². The van der Waals surface area contributed by atoms with Crippen molar-refractivity contribution < 1.29 is 0 Å². The van der Waals surface area contributed by atoms with E-state index in [0.29, 0.717) is 0 Å². The second-order valence-corrected chi connectivity index (χ2v) is 3.46. The number of hydrogen-bond acceptors (Lipinski definition) is 1. The molecule has 0 aromatic carbocycles. The molecule has 0 fully saturated rings. The quantitative estimate of drug-likeness (QED) is 0.629. The molecule has 0 saturated carbocycles. The fourth-order valence-corrected chi connectivity index (χ4v) is 1.85. The Labute approximate surface area is 76.0 Å². The van der Waals surface area contributed by atoms with Crippen molar-refractivity contribution in [1.29, 1.82) is 0 Å². The molecule has 1 rings (SSSR count). The average Bonchev–Trinajstić information content (AvgIpc) is 1.85. The Kier molecular flexibility index (Phi) is 2.51. The third-order valence-electron chi connectivity index (χ3n) is 1.65. The third kappa shape index (κ3) is 1.72. The van der Waals surface area contributed by atoms with Crippen LogP contribution in [-0.4, -0.2) is 21.8 Å². The van der Waals surface area contributed by atoms with Gasteiger partial charge in [0.2, 0.25) is 0 Å². The van der Waals surface area contributed by atoms with Crippen LogP contribution in [0.5, 0.6) is 0 Å². The van der Waals surface area contributed by atoms with Crippen LogP contribution in [0.25, 0.3) is 6.08 Å². The number of hydrogen-bond donors (Lipinski definition) is 0. The van der Waals surface area contributed by atoms with Crippen LogP contribution in [0.2, 0.25) is 0 Å². The van der Waals surface area contributed by atoms with Crippen LogP contribution >= 0.6 is 0 Å². The molecule has 2 heteroatoms. The molecule has 1 aromatic heterocycles. The number of rotatable bonds is 1. The van der Waals surface area contributed by atoms with E-state index in [0.717, 1.165) is 15.7 Å². The second-order valence-electron chi connectivity index (χ2n) is 2.50. The van der Waals surface area contributed by atoms with Gasteiger partial charge < -0.3 is 0 Å². The summed E-state index contributed by atoms with van der Waals surface area (Å²) in [6, 6.07) is 2.05. The molecule has 0 bridgehead atoms. The van der Waals surface area contributed by atoms with Gasteiger partial charge in [-0.1, -0.05) is 0 Å². The minimum absolute atomic E-state index is 1.01. The molecular weight excluding hydrogens is 197 g/mol. The predicted octanol–water partition coefficient (Wildman–Crippen LogP) is 1.14. The van der Waals surface area contributed by atoms with Gasteiger partial charge in [0.25, 0.3) is 0 Å². The summed E-state index contributed by atoms with van der Waals surface area (Å²) in [5.74, 6) is 0. The molecule has 0 aliphatic carbocycles. The zero-order chi connectivity index (χ0) is 8.43. The van der Waals surface area contributed by atoms with Crippen LogP contribution in [0.4, 0.5) is 0 Å². The fourth-order valence-electron chi connectivity index (χ4n) is 1.13. The third-order valence-corrected chi connectivity index (χ3v) is 2.13. The van der Waals surface area contributed by atoms with E-state index in [9.17, 15) is 0 Å². The molecule has 0 spiro atoms. The van der Waals surface area contributed by atoms with Crippen molar-refractivity contribution in [3.63, 3.8) is 0 Å². The van der Waals surface area contributed by atoms with Gasteiger partial charge in [-0.05, 0) is 0 Å². The van der Waals surface area contributed by atoms with Gasteiger partial charge in [-0.3, -0.25) is 0 Å². The number of aryl methyl sites for hydroxylation is 2. The van der Waals surface area contributed by atoms with Crippen molar-refractivity contribution in [2.24, 2.45) is 0 Å². The van der Waals surface area contributed by atoms with Gasteiger partial charge in [-0.2, -0.15) is 0 Å². The number of pyridine rings is 1. The van der Waals surface area contributed by atoms with E-state index in [1.165, 1.54) is 5.56 Å². The standard InChI is InChI=1S/C9H10AsN/c1-4-8-6(2)5-9(10)11-7(8)3/h4-5H,1H2,2-3H3. The normalized spacial score (nSPS) is 9.73. The maximum atomic E-state index is 4.31. The van der Waals surface area contributed by atoms with E-state index in [1.54, 1.807) is 0 Å². The van der Waals surface area contributed by atoms with E-state index >= 15 is 0 Å². The van der Waals surface area contributed by atoms with E-state index in [4.69, 9.17) is 0 Å². The van der Waals surface area contributed by atoms with Crippen molar-refractivity contribution in [2.45, 2.75) is 13.8 Å². The topological polar surface area (TPSA) is 12.9 Å². The van der Waals surface area contributed by atoms with Gasteiger partial charge in [-0.25, -0.2) is 0 Å². The van der Waals surface area contributed by atoms with Crippen molar-refractivity contribution in [3.05, 3.63) is 29.5 Å². The van der Waals surface area contributed by atoms with Crippen LogP contribution in [0.1, 0.15) is 16.8 Å². The monoisotopic (exact) mass is 207 g/mol. The van der Waals surface area contributed by atoms with Crippen molar-refractivity contribution in [2.75, 3.05) is 0 Å². The molecule has 0 aliphatic rings. The van der Waals surface area contributed by atoms with Gasteiger partial charge in [0.05, 0.1) is 0 Å². The van der Waals surface area contributed by atoms with Gasteiger partial charge in [0.1, 0.15) is 0 Å². The molecule has 11 heavy (non-hydrogen) atoms. The Hall–Kier alpha value is -0.552. The SMILES string of the molecule is C=Cc1c(C)cc([As])nc1C. The first-order chi connectivity index (χ1) is 5.15. The zero-order valence-electron chi connectivity index (χ0n) is 6.76. The van der Waals surface area contributed by atoms with Gasteiger partial charge in [0, 0.05) is 0 Å². The molecule has 56 valence electrons. The van der Waals surface area contributed by atoms with Crippen LogP contribution in [0.3, 0.4) is 0 Å². The minimum atomic E-state index is 1.01. The Balaban J connectivity index is 3.36. The number of nitrogens with zero attached hydrogens (tertiary/aromatic N) is 1. The summed E-state index contributed by atoms with van der Waals surface area (Å²) >= 11 is 2.45. The van der Waals surface area contributed by atoms with Gasteiger partial charge in [0.15, 0.2) is 0 Å². The van der Waals surface area contributed by atoms with Crippen LogP contribution in [-0.2, 0) is 0 Å². The van der Waals surface area contributed by atoms with E-state index < -0.39 is 0 Å². The molecule has 1 aromatic rings. The van der Waals surface area contributed by atoms with Gasteiger partial charge >= 0.3 is 75.7 Å². The summed E-state index contributed by atoms with van der Waals surface area (Å²) in [6.07, 6.45) is 1.85.